The highest BCUT2D eigenvalue weighted by Crippen LogP contribution is 2.32. The fourth-order valence-corrected chi connectivity index (χ4v) is 2.78. The minimum atomic E-state index is -1.17. The second-order valence-corrected chi connectivity index (χ2v) is 6.10. The zero-order valence-corrected chi connectivity index (χ0v) is 12.6. The molecule has 0 unspecified atom stereocenters. The number of carboxylic acid groups (broad SMARTS) is 1. The first-order valence-electron chi connectivity index (χ1n) is 6.99. The molecular weight excluding hydrogens is 292 g/mol. The van der Waals surface area contributed by atoms with Crippen LogP contribution in [0.15, 0.2) is 24.3 Å². The highest BCUT2D eigenvalue weighted by atomic mass is 35.5. The maximum Gasteiger partial charge on any atom is 0.329 e. The van der Waals surface area contributed by atoms with Gasteiger partial charge in [-0.25, -0.2) is 9.59 Å². The Kier molecular flexibility index (Phi) is 4.73. The van der Waals surface area contributed by atoms with Crippen molar-refractivity contribution in [3.63, 3.8) is 0 Å². The molecule has 1 saturated carbocycles. The first-order chi connectivity index (χ1) is 9.91. The Labute approximate surface area is 128 Å². The molecule has 1 aliphatic rings. The normalized spacial score (nSPS) is 25.1. The maximum atomic E-state index is 12.1. The van der Waals surface area contributed by atoms with Crippen LogP contribution in [0.1, 0.15) is 32.6 Å². The fourth-order valence-electron chi connectivity index (χ4n) is 2.59. The Morgan fingerprint density at radius 2 is 2.00 bits per heavy atom. The number of hydrogen-bond acceptors (Lipinski definition) is 2. The molecule has 114 valence electrons. The van der Waals surface area contributed by atoms with Crippen molar-refractivity contribution < 1.29 is 14.7 Å². The molecule has 0 aromatic heterocycles. The maximum absolute atomic E-state index is 12.1. The highest BCUT2D eigenvalue weighted by Gasteiger charge is 2.42. The van der Waals surface area contributed by atoms with Crippen molar-refractivity contribution in [3.8, 4) is 0 Å². The van der Waals surface area contributed by atoms with Crippen molar-refractivity contribution in [2.24, 2.45) is 5.92 Å². The second-order valence-electron chi connectivity index (χ2n) is 5.66. The number of carbonyl (C=O) groups excluding carboxylic acids is 1. The van der Waals surface area contributed by atoms with Gasteiger partial charge in [0.1, 0.15) is 5.54 Å². The Hall–Kier alpha value is -1.75. The molecule has 6 heteroatoms. The molecule has 1 aliphatic carbocycles. The van der Waals surface area contributed by atoms with E-state index in [-0.39, 0.29) is 0 Å². The van der Waals surface area contributed by atoms with E-state index in [0.717, 1.165) is 12.8 Å². The van der Waals surface area contributed by atoms with Crippen LogP contribution in [-0.4, -0.2) is 22.6 Å². The number of benzene rings is 1. The predicted octanol–water partition coefficient (Wildman–Crippen LogP) is 3.50. The molecule has 0 aliphatic heterocycles. The molecule has 0 radical (unpaired) electrons. The number of aliphatic carboxylic acids is 1. The zero-order chi connectivity index (χ0) is 15.5. The standard InChI is InChI=1S/C15H19ClN2O3/c1-10-5-7-15(8-6-10,13(19)20)18-14(21)17-12-4-2-3-11(16)9-12/h2-4,9-10H,5-8H2,1H3,(H,19,20)(H2,17,18,21). The molecule has 5 nitrogen and oxygen atoms in total. The number of carboxylic acids is 1. The lowest BCUT2D eigenvalue weighted by atomic mass is 9.77. The summed E-state index contributed by atoms with van der Waals surface area (Å²) in [6.07, 6.45) is 2.49. The van der Waals surface area contributed by atoms with E-state index in [1.54, 1.807) is 24.3 Å². The summed E-state index contributed by atoms with van der Waals surface area (Å²) in [6, 6.07) is 6.20. The summed E-state index contributed by atoms with van der Waals surface area (Å²) >= 11 is 5.85. The van der Waals surface area contributed by atoms with Crippen molar-refractivity contribution in [2.45, 2.75) is 38.1 Å². The summed E-state index contributed by atoms with van der Waals surface area (Å²) in [5.41, 5.74) is -0.639. The zero-order valence-electron chi connectivity index (χ0n) is 11.9. The largest absolute Gasteiger partial charge is 0.480 e. The van der Waals surface area contributed by atoms with Crippen LogP contribution < -0.4 is 10.6 Å². The second kappa shape index (κ2) is 6.35. The number of amides is 2. The van der Waals surface area contributed by atoms with Crippen LogP contribution in [0, 0.1) is 5.92 Å². The predicted molar refractivity (Wildman–Crippen MR) is 81.6 cm³/mol. The molecule has 21 heavy (non-hydrogen) atoms. The first-order valence-corrected chi connectivity index (χ1v) is 7.37. The van der Waals surface area contributed by atoms with Crippen molar-refractivity contribution >= 4 is 29.3 Å². The third-order valence-corrected chi connectivity index (χ3v) is 4.21. The number of urea groups is 1. The van der Waals surface area contributed by atoms with E-state index >= 15 is 0 Å². The van der Waals surface area contributed by atoms with Crippen LogP contribution in [0.25, 0.3) is 0 Å². The average Bonchev–Trinajstić information content (AvgIpc) is 2.41. The lowest BCUT2D eigenvalue weighted by Gasteiger charge is -2.36. The number of halogens is 1. The van der Waals surface area contributed by atoms with Crippen molar-refractivity contribution in [1.29, 1.82) is 0 Å². The van der Waals surface area contributed by atoms with Gasteiger partial charge in [-0.15, -0.1) is 0 Å². The highest BCUT2D eigenvalue weighted by molar-refractivity contribution is 6.30. The molecule has 1 aromatic carbocycles. The third kappa shape index (κ3) is 3.88. The van der Waals surface area contributed by atoms with E-state index in [0.29, 0.717) is 29.5 Å². The van der Waals surface area contributed by atoms with E-state index < -0.39 is 17.5 Å². The fraction of sp³-hybridized carbons (Fsp3) is 0.467. The number of carbonyl (C=O) groups is 2. The van der Waals surface area contributed by atoms with Gasteiger partial charge in [0.05, 0.1) is 0 Å². The van der Waals surface area contributed by atoms with Crippen molar-refractivity contribution in [2.75, 3.05) is 5.32 Å². The van der Waals surface area contributed by atoms with Crippen LogP contribution in [-0.2, 0) is 4.79 Å². The van der Waals surface area contributed by atoms with Crippen molar-refractivity contribution in [3.05, 3.63) is 29.3 Å². The van der Waals surface area contributed by atoms with E-state index in [1.807, 2.05) is 0 Å². The van der Waals surface area contributed by atoms with Gasteiger partial charge in [-0.05, 0) is 49.8 Å². The summed E-state index contributed by atoms with van der Waals surface area (Å²) in [7, 11) is 0. The Morgan fingerprint density at radius 1 is 1.33 bits per heavy atom. The average molecular weight is 311 g/mol. The molecule has 0 bridgehead atoms. The number of anilines is 1. The summed E-state index contributed by atoms with van der Waals surface area (Å²) < 4.78 is 0. The van der Waals surface area contributed by atoms with Gasteiger partial charge in [0.2, 0.25) is 0 Å². The summed E-state index contributed by atoms with van der Waals surface area (Å²) in [5.74, 6) is -0.481. The van der Waals surface area contributed by atoms with E-state index in [1.165, 1.54) is 0 Å². The quantitative estimate of drug-likeness (QED) is 0.799. The smallest absolute Gasteiger partial charge is 0.329 e. The lowest BCUT2D eigenvalue weighted by Crippen LogP contribution is -2.57. The molecule has 2 rings (SSSR count). The summed E-state index contributed by atoms with van der Waals surface area (Å²) in [5, 5.41) is 15.2. The minimum Gasteiger partial charge on any atom is -0.480 e. The summed E-state index contributed by atoms with van der Waals surface area (Å²) in [6.45, 7) is 2.10. The molecule has 3 N–H and O–H groups in total. The minimum absolute atomic E-state index is 0.451. The van der Waals surface area contributed by atoms with Gasteiger partial charge in [0, 0.05) is 10.7 Å². The van der Waals surface area contributed by atoms with Crippen LogP contribution in [0.2, 0.25) is 5.02 Å². The SMILES string of the molecule is CC1CCC(NC(=O)Nc2cccc(Cl)c2)(C(=O)O)CC1. The van der Waals surface area contributed by atoms with Gasteiger partial charge in [0.25, 0.3) is 0 Å². The molecule has 0 heterocycles. The van der Waals surface area contributed by atoms with Gasteiger partial charge in [0.15, 0.2) is 0 Å². The third-order valence-electron chi connectivity index (χ3n) is 3.97. The van der Waals surface area contributed by atoms with Crippen molar-refractivity contribution in [1.82, 2.24) is 5.32 Å². The van der Waals surface area contributed by atoms with Crippen LogP contribution in [0.4, 0.5) is 10.5 Å². The van der Waals surface area contributed by atoms with Crippen LogP contribution in [0.5, 0.6) is 0 Å². The molecule has 0 atom stereocenters. The molecular formula is C15H19ClN2O3. The molecule has 0 saturated heterocycles. The first kappa shape index (κ1) is 15.6. The van der Waals surface area contributed by atoms with Gasteiger partial charge < -0.3 is 15.7 Å². The van der Waals surface area contributed by atoms with E-state index in [2.05, 4.69) is 17.6 Å². The van der Waals surface area contributed by atoms with Crippen LogP contribution >= 0.6 is 11.6 Å². The monoisotopic (exact) mass is 310 g/mol. The van der Waals surface area contributed by atoms with Crippen LogP contribution in [0.3, 0.4) is 0 Å². The van der Waals surface area contributed by atoms with Gasteiger partial charge >= 0.3 is 12.0 Å². The van der Waals surface area contributed by atoms with E-state index in [9.17, 15) is 14.7 Å². The molecule has 1 fully saturated rings. The van der Waals surface area contributed by atoms with Gasteiger partial charge in [-0.1, -0.05) is 24.6 Å². The number of rotatable bonds is 3. The topological polar surface area (TPSA) is 78.4 Å². The Bertz CT molecular complexity index is 539. The lowest BCUT2D eigenvalue weighted by molar-refractivity contribution is -0.146. The van der Waals surface area contributed by atoms with E-state index in [4.69, 9.17) is 11.6 Å². The Balaban J connectivity index is 2.04. The molecule has 1 aromatic rings. The molecule has 2 amide bonds. The van der Waals surface area contributed by atoms with Gasteiger partial charge in [-0.2, -0.15) is 0 Å². The summed E-state index contributed by atoms with van der Waals surface area (Å²) in [4.78, 5) is 23.6. The Morgan fingerprint density at radius 3 is 2.57 bits per heavy atom. The van der Waals surface area contributed by atoms with Gasteiger partial charge in [-0.3, -0.25) is 0 Å². The molecule has 0 spiro atoms. The number of nitrogens with one attached hydrogen (secondary N) is 2. The number of hydrogen-bond donors (Lipinski definition) is 3.